The van der Waals surface area contributed by atoms with E-state index in [0.29, 0.717) is 0 Å². The highest BCUT2D eigenvalue weighted by Crippen LogP contribution is 2.24. The van der Waals surface area contributed by atoms with Gasteiger partial charge in [0, 0.05) is 31.9 Å². The number of aryl methyl sites for hydroxylation is 1. The van der Waals surface area contributed by atoms with Gasteiger partial charge >= 0.3 is 0 Å². The SMILES string of the molecule is Cc1cccc(N2CCN(C(C)C(=O)NC(C)c3ccc(F)cc3)CC2)c1C. The standard InChI is InChI=1S/C23H30FN3O/c1-16-6-5-7-22(17(16)2)27-14-12-26(13-15-27)19(4)23(28)25-18(3)20-8-10-21(24)11-9-20/h5-11,18-19H,12-15H2,1-4H3,(H,25,28). The first-order chi connectivity index (χ1) is 13.4. The topological polar surface area (TPSA) is 35.6 Å². The molecule has 5 heteroatoms. The van der Waals surface area contributed by atoms with E-state index in [0.717, 1.165) is 31.7 Å². The van der Waals surface area contributed by atoms with Crippen LogP contribution in [0.3, 0.4) is 0 Å². The van der Waals surface area contributed by atoms with Crippen molar-refractivity contribution in [3.05, 3.63) is 65.0 Å². The fourth-order valence-corrected chi connectivity index (χ4v) is 3.76. The Morgan fingerprint density at radius 3 is 2.29 bits per heavy atom. The van der Waals surface area contributed by atoms with Crippen LogP contribution in [0, 0.1) is 19.7 Å². The largest absolute Gasteiger partial charge is 0.369 e. The fourth-order valence-electron chi connectivity index (χ4n) is 3.76. The molecule has 0 radical (unpaired) electrons. The Bertz CT molecular complexity index is 813. The van der Waals surface area contributed by atoms with Crippen molar-refractivity contribution in [2.45, 2.75) is 39.8 Å². The van der Waals surface area contributed by atoms with E-state index in [-0.39, 0.29) is 23.8 Å². The summed E-state index contributed by atoms with van der Waals surface area (Å²) in [6.45, 7) is 11.7. The quantitative estimate of drug-likeness (QED) is 0.852. The minimum Gasteiger partial charge on any atom is -0.369 e. The monoisotopic (exact) mass is 383 g/mol. The van der Waals surface area contributed by atoms with E-state index in [9.17, 15) is 9.18 Å². The molecule has 0 saturated carbocycles. The third kappa shape index (κ3) is 4.53. The molecule has 4 nitrogen and oxygen atoms in total. The molecule has 150 valence electrons. The van der Waals surface area contributed by atoms with Crippen molar-refractivity contribution in [2.24, 2.45) is 0 Å². The molecule has 1 saturated heterocycles. The number of benzene rings is 2. The molecular weight excluding hydrogens is 353 g/mol. The third-order valence-corrected chi connectivity index (χ3v) is 5.89. The van der Waals surface area contributed by atoms with Crippen LogP contribution in [-0.2, 0) is 4.79 Å². The summed E-state index contributed by atoms with van der Waals surface area (Å²) in [5.41, 5.74) is 4.83. The average Bonchev–Trinajstić information content (AvgIpc) is 2.70. The van der Waals surface area contributed by atoms with Crippen molar-refractivity contribution in [1.29, 1.82) is 0 Å². The minimum atomic E-state index is -0.266. The van der Waals surface area contributed by atoms with E-state index in [4.69, 9.17) is 0 Å². The zero-order valence-corrected chi connectivity index (χ0v) is 17.2. The van der Waals surface area contributed by atoms with Crippen molar-refractivity contribution in [1.82, 2.24) is 10.2 Å². The number of anilines is 1. The number of nitrogens with zero attached hydrogens (tertiary/aromatic N) is 2. The summed E-state index contributed by atoms with van der Waals surface area (Å²) in [5, 5.41) is 3.06. The van der Waals surface area contributed by atoms with Crippen LogP contribution in [0.5, 0.6) is 0 Å². The zero-order valence-electron chi connectivity index (χ0n) is 17.2. The predicted molar refractivity (Wildman–Crippen MR) is 112 cm³/mol. The van der Waals surface area contributed by atoms with Crippen molar-refractivity contribution >= 4 is 11.6 Å². The third-order valence-electron chi connectivity index (χ3n) is 5.89. The number of carbonyl (C=O) groups excluding carboxylic acids is 1. The summed E-state index contributed by atoms with van der Waals surface area (Å²) >= 11 is 0. The van der Waals surface area contributed by atoms with Crippen LogP contribution in [0.25, 0.3) is 0 Å². The molecule has 0 aromatic heterocycles. The Morgan fingerprint density at radius 1 is 1.00 bits per heavy atom. The summed E-state index contributed by atoms with van der Waals surface area (Å²) in [6.07, 6.45) is 0. The van der Waals surface area contributed by atoms with E-state index >= 15 is 0 Å². The molecule has 2 unspecified atom stereocenters. The summed E-state index contributed by atoms with van der Waals surface area (Å²) in [4.78, 5) is 17.3. The molecule has 1 heterocycles. The van der Waals surface area contributed by atoms with Crippen molar-refractivity contribution in [3.63, 3.8) is 0 Å². The molecule has 1 fully saturated rings. The van der Waals surface area contributed by atoms with Gasteiger partial charge in [-0.3, -0.25) is 9.69 Å². The Morgan fingerprint density at radius 2 is 1.64 bits per heavy atom. The van der Waals surface area contributed by atoms with Gasteiger partial charge in [0.1, 0.15) is 5.82 Å². The van der Waals surface area contributed by atoms with E-state index in [2.05, 4.69) is 47.2 Å². The highest BCUT2D eigenvalue weighted by molar-refractivity contribution is 5.81. The van der Waals surface area contributed by atoms with Crippen LogP contribution in [0.2, 0.25) is 0 Å². The first kappa shape index (κ1) is 20.3. The average molecular weight is 384 g/mol. The smallest absolute Gasteiger partial charge is 0.237 e. The second kappa shape index (κ2) is 8.74. The lowest BCUT2D eigenvalue weighted by atomic mass is 10.1. The summed E-state index contributed by atoms with van der Waals surface area (Å²) < 4.78 is 13.1. The second-order valence-corrected chi connectivity index (χ2v) is 7.70. The van der Waals surface area contributed by atoms with E-state index in [1.54, 1.807) is 12.1 Å². The molecule has 1 aliphatic rings. The number of rotatable bonds is 5. The lowest BCUT2D eigenvalue weighted by Crippen LogP contribution is -2.54. The number of hydrogen-bond acceptors (Lipinski definition) is 3. The fraction of sp³-hybridized carbons (Fsp3) is 0.435. The normalized spacial score (nSPS) is 17.2. The van der Waals surface area contributed by atoms with Crippen LogP contribution in [0.1, 0.15) is 36.6 Å². The van der Waals surface area contributed by atoms with Gasteiger partial charge in [0.15, 0.2) is 0 Å². The lowest BCUT2D eigenvalue weighted by Gasteiger charge is -2.39. The summed E-state index contributed by atoms with van der Waals surface area (Å²) in [7, 11) is 0. The van der Waals surface area contributed by atoms with Gasteiger partial charge in [-0.25, -0.2) is 4.39 Å². The van der Waals surface area contributed by atoms with E-state index < -0.39 is 0 Å². The molecule has 2 atom stereocenters. The number of carbonyl (C=O) groups is 1. The zero-order chi connectivity index (χ0) is 20.3. The van der Waals surface area contributed by atoms with Crippen molar-refractivity contribution < 1.29 is 9.18 Å². The van der Waals surface area contributed by atoms with Gasteiger partial charge in [-0.15, -0.1) is 0 Å². The van der Waals surface area contributed by atoms with E-state index in [1.807, 2.05) is 13.8 Å². The summed E-state index contributed by atoms with van der Waals surface area (Å²) in [6, 6.07) is 12.4. The Labute approximate surface area is 167 Å². The molecule has 28 heavy (non-hydrogen) atoms. The minimum absolute atomic E-state index is 0.0111. The van der Waals surface area contributed by atoms with Crippen LogP contribution in [-0.4, -0.2) is 43.0 Å². The maximum atomic E-state index is 13.1. The molecule has 1 aliphatic heterocycles. The Kier molecular flexibility index (Phi) is 6.35. The molecule has 1 amide bonds. The first-order valence-electron chi connectivity index (χ1n) is 9.98. The van der Waals surface area contributed by atoms with Crippen molar-refractivity contribution in [2.75, 3.05) is 31.1 Å². The summed E-state index contributed by atoms with van der Waals surface area (Å²) in [5.74, 6) is -0.255. The molecule has 2 aromatic rings. The number of hydrogen-bond donors (Lipinski definition) is 1. The number of nitrogens with one attached hydrogen (secondary N) is 1. The van der Waals surface area contributed by atoms with Crippen molar-refractivity contribution in [3.8, 4) is 0 Å². The molecule has 0 bridgehead atoms. The molecule has 0 aliphatic carbocycles. The molecule has 3 rings (SSSR count). The molecule has 2 aromatic carbocycles. The van der Waals surface area contributed by atoms with Crippen LogP contribution in [0.15, 0.2) is 42.5 Å². The highest BCUT2D eigenvalue weighted by atomic mass is 19.1. The second-order valence-electron chi connectivity index (χ2n) is 7.70. The maximum absolute atomic E-state index is 13.1. The van der Waals surface area contributed by atoms with Crippen LogP contribution < -0.4 is 10.2 Å². The molecule has 0 spiro atoms. The van der Waals surface area contributed by atoms with Gasteiger partial charge in [-0.1, -0.05) is 24.3 Å². The maximum Gasteiger partial charge on any atom is 0.237 e. The Balaban J connectivity index is 1.55. The number of amides is 1. The highest BCUT2D eigenvalue weighted by Gasteiger charge is 2.27. The molecular formula is C23H30FN3O. The predicted octanol–water partition coefficient (Wildman–Crippen LogP) is 3.83. The van der Waals surface area contributed by atoms with Crippen LogP contribution in [0.4, 0.5) is 10.1 Å². The lowest BCUT2D eigenvalue weighted by molar-refractivity contribution is -0.126. The van der Waals surface area contributed by atoms with Gasteiger partial charge in [0.2, 0.25) is 5.91 Å². The Hall–Kier alpha value is -2.40. The first-order valence-corrected chi connectivity index (χ1v) is 9.98. The van der Waals surface area contributed by atoms with Crippen LogP contribution >= 0.6 is 0 Å². The van der Waals surface area contributed by atoms with E-state index in [1.165, 1.54) is 28.9 Å². The molecule has 1 N–H and O–H groups in total. The van der Waals surface area contributed by atoms with Gasteiger partial charge < -0.3 is 10.2 Å². The van der Waals surface area contributed by atoms with Gasteiger partial charge in [0.05, 0.1) is 12.1 Å². The number of piperazine rings is 1. The van der Waals surface area contributed by atoms with Gasteiger partial charge in [0.25, 0.3) is 0 Å². The van der Waals surface area contributed by atoms with Gasteiger partial charge in [-0.05, 0) is 62.6 Å². The number of halogens is 1. The van der Waals surface area contributed by atoms with Gasteiger partial charge in [-0.2, -0.15) is 0 Å².